The molecular weight excluding hydrogens is 434 g/mol. The zero-order chi connectivity index (χ0) is 23.8. The summed E-state index contributed by atoms with van der Waals surface area (Å²) in [7, 11) is 1.61. The highest BCUT2D eigenvalue weighted by Gasteiger charge is 2.31. The molecule has 0 bridgehead atoms. The maximum absolute atomic E-state index is 12.8. The normalized spacial score (nSPS) is 19.6. The molecule has 34 heavy (non-hydrogen) atoms. The third kappa shape index (κ3) is 6.42. The monoisotopic (exact) mass is 467 g/mol. The average molecular weight is 468 g/mol. The molecule has 1 saturated heterocycles. The molecule has 0 saturated carbocycles. The molecule has 3 aliphatic rings. The molecule has 1 aliphatic carbocycles. The van der Waals surface area contributed by atoms with E-state index in [-0.39, 0.29) is 11.8 Å². The van der Waals surface area contributed by atoms with Gasteiger partial charge >= 0.3 is 6.03 Å². The molecular formula is C26H33N3O5. The van der Waals surface area contributed by atoms with Gasteiger partial charge in [-0.3, -0.25) is 0 Å². The lowest BCUT2D eigenvalue weighted by molar-refractivity contribution is 0.0743. The van der Waals surface area contributed by atoms with E-state index in [2.05, 4.69) is 21.6 Å². The molecule has 0 spiro atoms. The summed E-state index contributed by atoms with van der Waals surface area (Å²) >= 11 is 0. The molecule has 0 radical (unpaired) electrons. The summed E-state index contributed by atoms with van der Waals surface area (Å²) in [5.41, 5.74) is 1.93. The van der Waals surface area contributed by atoms with Gasteiger partial charge in [0.05, 0.1) is 13.2 Å². The van der Waals surface area contributed by atoms with E-state index in [0.717, 1.165) is 55.7 Å². The van der Waals surface area contributed by atoms with Crippen LogP contribution in [0.25, 0.3) is 0 Å². The standard InChI is InChI=1S/C26H33N3O5/c1-32-21-11-7-8-19(14-21)15-27-26(31)28-22(16-29-12-5-6-13-29)25(30)24-18-33-17-23(34-24)20-9-3-2-4-10-20/h2-3,7-9,11,14,17-18,22,25,30H,4-6,10,12-13,15-16H2,1H3,(H2,27,28,31)/t22-,25-/m1/s1. The van der Waals surface area contributed by atoms with E-state index in [1.807, 2.05) is 36.4 Å². The number of aliphatic hydroxyl groups is 1. The summed E-state index contributed by atoms with van der Waals surface area (Å²) in [5, 5.41) is 17.0. The van der Waals surface area contributed by atoms with Crippen molar-refractivity contribution < 1.29 is 24.1 Å². The topological polar surface area (TPSA) is 92.3 Å². The maximum atomic E-state index is 12.8. The highest BCUT2D eigenvalue weighted by atomic mass is 16.6. The van der Waals surface area contributed by atoms with Gasteiger partial charge in [0.15, 0.2) is 11.5 Å². The second kappa shape index (κ2) is 11.8. The molecule has 1 aromatic carbocycles. The van der Waals surface area contributed by atoms with Gasteiger partial charge in [-0.05, 0) is 62.0 Å². The van der Waals surface area contributed by atoms with Crippen molar-refractivity contribution in [3.63, 3.8) is 0 Å². The van der Waals surface area contributed by atoms with E-state index in [9.17, 15) is 9.90 Å². The zero-order valence-electron chi connectivity index (χ0n) is 19.5. The number of hydrogen-bond donors (Lipinski definition) is 3. The number of hydrogen-bond acceptors (Lipinski definition) is 6. The van der Waals surface area contributed by atoms with E-state index in [1.165, 1.54) is 6.26 Å². The van der Waals surface area contributed by atoms with E-state index in [4.69, 9.17) is 14.2 Å². The van der Waals surface area contributed by atoms with Crippen molar-refractivity contribution in [3.8, 4) is 5.75 Å². The number of ether oxygens (including phenoxy) is 3. The molecule has 8 heteroatoms. The first kappa shape index (κ1) is 23.9. The van der Waals surface area contributed by atoms with Gasteiger partial charge in [0.1, 0.15) is 24.4 Å². The van der Waals surface area contributed by atoms with Gasteiger partial charge in [-0.15, -0.1) is 0 Å². The molecule has 2 atom stereocenters. The molecule has 1 aromatic rings. The van der Waals surface area contributed by atoms with Gasteiger partial charge in [-0.1, -0.05) is 30.4 Å². The number of allylic oxidation sites excluding steroid dienone is 4. The van der Waals surface area contributed by atoms with Gasteiger partial charge in [-0.2, -0.15) is 0 Å². The fourth-order valence-corrected chi connectivity index (χ4v) is 4.27. The van der Waals surface area contributed by atoms with Crippen LogP contribution in [0.5, 0.6) is 5.75 Å². The van der Waals surface area contributed by atoms with Crippen LogP contribution >= 0.6 is 0 Å². The number of urea groups is 1. The summed E-state index contributed by atoms with van der Waals surface area (Å²) in [6, 6.07) is 6.59. The van der Waals surface area contributed by atoms with Crippen LogP contribution < -0.4 is 15.4 Å². The number of likely N-dealkylation sites (tertiary alicyclic amines) is 1. The van der Waals surface area contributed by atoms with Crippen LogP contribution in [0.1, 0.15) is 31.2 Å². The second-order valence-electron chi connectivity index (χ2n) is 8.64. The Balaban J connectivity index is 1.39. The van der Waals surface area contributed by atoms with Crippen LogP contribution in [0, 0.1) is 0 Å². The lowest BCUT2D eigenvalue weighted by atomic mass is 10.0. The van der Waals surface area contributed by atoms with Crippen LogP contribution in [0.3, 0.4) is 0 Å². The van der Waals surface area contributed by atoms with Crippen LogP contribution in [0.4, 0.5) is 4.79 Å². The molecule has 2 aliphatic heterocycles. The van der Waals surface area contributed by atoms with Crippen LogP contribution in [0.2, 0.25) is 0 Å². The Morgan fingerprint density at radius 1 is 1.26 bits per heavy atom. The van der Waals surface area contributed by atoms with Crippen molar-refractivity contribution in [2.24, 2.45) is 0 Å². The zero-order valence-corrected chi connectivity index (χ0v) is 19.5. The Morgan fingerprint density at radius 2 is 2.12 bits per heavy atom. The van der Waals surface area contributed by atoms with Crippen molar-refractivity contribution in [1.29, 1.82) is 0 Å². The van der Waals surface area contributed by atoms with Crippen molar-refractivity contribution >= 4 is 6.03 Å². The number of methoxy groups -OCH3 is 1. The van der Waals surface area contributed by atoms with E-state index < -0.39 is 12.1 Å². The number of nitrogens with zero attached hydrogens (tertiary/aromatic N) is 1. The van der Waals surface area contributed by atoms with E-state index >= 15 is 0 Å². The average Bonchev–Trinajstić information content (AvgIpc) is 3.40. The van der Waals surface area contributed by atoms with Crippen molar-refractivity contribution in [2.75, 3.05) is 26.7 Å². The molecule has 182 valence electrons. The minimum absolute atomic E-state index is 0.283. The highest BCUT2D eigenvalue weighted by Crippen LogP contribution is 2.28. The molecule has 4 rings (SSSR count). The van der Waals surface area contributed by atoms with Crippen molar-refractivity contribution in [1.82, 2.24) is 15.5 Å². The van der Waals surface area contributed by atoms with Crippen LogP contribution in [-0.4, -0.2) is 54.9 Å². The molecule has 2 amide bonds. The number of rotatable bonds is 9. The molecule has 8 nitrogen and oxygen atoms in total. The second-order valence-corrected chi connectivity index (χ2v) is 8.64. The van der Waals surface area contributed by atoms with Crippen LogP contribution in [-0.2, 0) is 16.0 Å². The summed E-state index contributed by atoms with van der Waals surface area (Å²) in [6.45, 7) is 2.74. The van der Waals surface area contributed by atoms with Gasteiger partial charge < -0.3 is 34.9 Å². The van der Waals surface area contributed by atoms with E-state index in [1.54, 1.807) is 13.4 Å². The lowest BCUT2D eigenvalue weighted by Gasteiger charge is -2.30. The smallest absolute Gasteiger partial charge is 0.315 e. The Morgan fingerprint density at radius 3 is 2.88 bits per heavy atom. The quantitative estimate of drug-likeness (QED) is 0.516. The molecule has 3 N–H and O–H groups in total. The predicted molar refractivity (Wildman–Crippen MR) is 129 cm³/mol. The summed E-state index contributed by atoms with van der Waals surface area (Å²) in [4.78, 5) is 15.0. The Hall–Kier alpha value is -3.23. The first-order valence-electron chi connectivity index (χ1n) is 11.8. The van der Waals surface area contributed by atoms with E-state index in [0.29, 0.717) is 18.8 Å². The Bertz CT molecular complexity index is 978. The first-order valence-corrected chi connectivity index (χ1v) is 11.8. The highest BCUT2D eigenvalue weighted by molar-refractivity contribution is 5.74. The largest absolute Gasteiger partial charge is 0.497 e. The number of nitrogens with one attached hydrogen (secondary N) is 2. The predicted octanol–water partition coefficient (Wildman–Crippen LogP) is 3.33. The number of carbonyl (C=O) groups is 1. The van der Waals surface area contributed by atoms with Gasteiger partial charge in [0.25, 0.3) is 0 Å². The Kier molecular flexibility index (Phi) is 8.27. The third-order valence-corrected chi connectivity index (χ3v) is 6.15. The van der Waals surface area contributed by atoms with Crippen LogP contribution in [0.15, 0.2) is 72.1 Å². The number of aliphatic hydroxyl groups excluding tert-OH is 1. The van der Waals surface area contributed by atoms with Crippen molar-refractivity contribution in [3.05, 3.63) is 77.7 Å². The first-order chi connectivity index (χ1) is 16.6. The molecule has 1 fully saturated rings. The fraction of sp³-hybridized carbons (Fsp3) is 0.423. The summed E-state index contributed by atoms with van der Waals surface area (Å²) < 4.78 is 16.7. The Labute approximate surface area is 200 Å². The fourth-order valence-electron chi connectivity index (χ4n) is 4.27. The third-order valence-electron chi connectivity index (χ3n) is 6.15. The molecule has 0 aromatic heterocycles. The minimum atomic E-state index is -1.06. The summed E-state index contributed by atoms with van der Waals surface area (Å²) in [5.74, 6) is 1.60. The maximum Gasteiger partial charge on any atom is 0.315 e. The molecule has 2 heterocycles. The SMILES string of the molecule is COc1cccc(CNC(=O)N[C@H](CN2CCCC2)[C@@H](O)C2=COC=C(C3=CC=CCC3)O2)c1. The molecule has 0 unspecified atom stereocenters. The van der Waals surface area contributed by atoms with Gasteiger partial charge in [-0.25, -0.2) is 4.79 Å². The van der Waals surface area contributed by atoms with Crippen molar-refractivity contribution in [2.45, 2.75) is 44.4 Å². The summed E-state index contributed by atoms with van der Waals surface area (Å²) in [6.07, 6.45) is 12.0. The number of benzene rings is 1. The van der Waals surface area contributed by atoms with Gasteiger partial charge in [0, 0.05) is 13.1 Å². The minimum Gasteiger partial charge on any atom is -0.497 e. The number of carbonyl (C=O) groups excluding carboxylic acids is 1. The lowest BCUT2D eigenvalue weighted by Crippen LogP contribution is -2.53. The number of amides is 2. The van der Waals surface area contributed by atoms with Gasteiger partial charge in [0.2, 0.25) is 0 Å².